The van der Waals surface area contributed by atoms with Gasteiger partial charge in [-0.25, -0.2) is 0 Å². The maximum Gasteiger partial charge on any atom is 0.126 e. The summed E-state index contributed by atoms with van der Waals surface area (Å²) >= 11 is 0. The van der Waals surface area contributed by atoms with Gasteiger partial charge in [0.05, 0.1) is 6.10 Å². The van der Waals surface area contributed by atoms with Gasteiger partial charge in [0, 0.05) is 12.5 Å². The fourth-order valence-corrected chi connectivity index (χ4v) is 4.90. The standard InChI is InChI=1S/C13H20O2/c1-13(7-14)4-3-9-10-5-8(12(9)13)6-11(10)15-2/h7-12H,3-6H2,1-2H3. The van der Waals surface area contributed by atoms with Crippen molar-refractivity contribution in [3.8, 4) is 0 Å². The lowest BCUT2D eigenvalue weighted by Crippen LogP contribution is -2.36. The zero-order valence-corrected chi connectivity index (χ0v) is 9.61. The molecule has 0 spiro atoms. The van der Waals surface area contributed by atoms with E-state index < -0.39 is 0 Å². The summed E-state index contributed by atoms with van der Waals surface area (Å²) in [6, 6.07) is 0. The average molecular weight is 208 g/mol. The third-order valence-electron chi connectivity index (χ3n) is 5.46. The van der Waals surface area contributed by atoms with E-state index in [9.17, 15) is 4.79 Å². The topological polar surface area (TPSA) is 26.3 Å². The summed E-state index contributed by atoms with van der Waals surface area (Å²) in [5, 5.41) is 0. The molecule has 0 saturated heterocycles. The van der Waals surface area contributed by atoms with Crippen molar-refractivity contribution in [3.05, 3.63) is 0 Å². The molecule has 3 aliphatic carbocycles. The van der Waals surface area contributed by atoms with Crippen molar-refractivity contribution >= 4 is 6.29 Å². The Morgan fingerprint density at radius 1 is 1.33 bits per heavy atom. The van der Waals surface area contributed by atoms with Crippen LogP contribution in [0.2, 0.25) is 0 Å². The van der Waals surface area contributed by atoms with Gasteiger partial charge in [0.25, 0.3) is 0 Å². The summed E-state index contributed by atoms with van der Waals surface area (Å²) in [5.41, 5.74) is -0.0111. The number of carbonyl (C=O) groups excluding carboxylic acids is 1. The van der Waals surface area contributed by atoms with E-state index in [1.54, 1.807) is 0 Å². The average Bonchev–Trinajstić information content (AvgIpc) is 2.89. The molecule has 0 aromatic rings. The SMILES string of the molecule is COC1CC2CC1C1CCC(C)(C=O)C21. The fraction of sp³-hybridized carbons (Fsp3) is 0.923. The molecular formula is C13H20O2. The van der Waals surface area contributed by atoms with Crippen molar-refractivity contribution in [3.63, 3.8) is 0 Å². The minimum atomic E-state index is -0.0111. The minimum absolute atomic E-state index is 0.0111. The predicted molar refractivity (Wildman–Crippen MR) is 57.4 cm³/mol. The highest BCUT2D eigenvalue weighted by atomic mass is 16.5. The molecule has 3 fully saturated rings. The second kappa shape index (κ2) is 3.07. The van der Waals surface area contributed by atoms with Gasteiger partial charge in [0.15, 0.2) is 0 Å². The van der Waals surface area contributed by atoms with Crippen LogP contribution in [0.5, 0.6) is 0 Å². The van der Waals surface area contributed by atoms with E-state index in [1.807, 2.05) is 7.11 Å². The van der Waals surface area contributed by atoms with E-state index in [0.29, 0.717) is 12.0 Å². The minimum Gasteiger partial charge on any atom is -0.381 e. The van der Waals surface area contributed by atoms with Crippen LogP contribution in [0.1, 0.15) is 32.6 Å². The number of fused-ring (bicyclic) bond motifs is 5. The normalized spacial score (nSPS) is 57.1. The van der Waals surface area contributed by atoms with Crippen molar-refractivity contribution < 1.29 is 9.53 Å². The van der Waals surface area contributed by atoms with Gasteiger partial charge in [-0.15, -0.1) is 0 Å². The number of hydrogen-bond acceptors (Lipinski definition) is 2. The summed E-state index contributed by atoms with van der Waals surface area (Å²) in [5.74, 6) is 2.98. The third-order valence-corrected chi connectivity index (χ3v) is 5.46. The van der Waals surface area contributed by atoms with E-state index in [0.717, 1.165) is 24.2 Å². The van der Waals surface area contributed by atoms with Gasteiger partial charge in [0.2, 0.25) is 0 Å². The first-order chi connectivity index (χ1) is 7.19. The van der Waals surface area contributed by atoms with Crippen molar-refractivity contribution in [1.29, 1.82) is 0 Å². The van der Waals surface area contributed by atoms with Crippen LogP contribution in [0.25, 0.3) is 0 Å². The number of ether oxygens (including phenoxy) is 1. The van der Waals surface area contributed by atoms with E-state index in [1.165, 1.54) is 25.5 Å². The Labute approximate surface area is 91.4 Å². The zero-order chi connectivity index (χ0) is 10.6. The highest BCUT2D eigenvalue weighted by molar-refractivity contribution is 5.60. The van der Waals surface area contributed by atoms with Crippen LogP contribution in [0.15, 0.2) is 0 Å². The quantitative estimate of drug-likeness (QED) is 0.651. The van der Waals surface area contributed by atoms with Gasteiger partial charge in [-0.05, 0) is 49.4 Å². The second-order valence-corrected chi connectivity index (χ2v) is 6.02. The molecule has 6 unspecified atom stereocenters. The molecule has 3 aliphatic rings. The summed E-state index contributed by atoms with van der Waals surface area (Å²) in [6.45, 7) is 2.17. The smallest absolute Gasteiger partial charge is 0.126 e. The van der Waals surface area contributed by atoms with E-state index in [4.69, 9.17) is 4.74 Å². The van der Waals surface area contributed by atoms with Crippen LogP contribution in [0.3, 0.4) is 0 Å². The van der Waals surface area contributed by atoms with Crippen molar-refractivity contribution in [1.82, 2.24) is 0 Å². The molecule has 0 heterocycles. The summed E-state index contributed by atoms with van der Waals surface area (Å²) in [4.78, 5) is 11.3. The van der Waals surface area contributed by atoms with Crippen LogP contribution in [-0.4, -0.2) is 19.5 Å². The third kappa shape index (κ3) is 1.12. The van der Waals surface area contributed by atoms with Gasteiger partial charge in [0.1, 0.15) is 6.29 Å². The van der Waals surface area contributed by atoms with E-state index in [2.05, 4.69) is 6.92 Å². The summed E-state index contributed by atoms with van der Waals surface area (Å²) in [6.07, 6.45) is 6.60. The predicted octanol–water partition coefficient (Wildman–Crippen LogP) is 2.27. The van der Waals surface area contributed by atoms with Crippen molar-refractivity contribution in [2.45, 2.75) is 38.7 Å². The lowest BCUT2D eigenvalue weighted by Gasteiger charge is -2.36. The molecule has 3 saturated carbocycles. The molecule has 15 heavy (non-hydrogen) atoms. The molecule has 0 radical (unpaired) electrons. The molecule has 0 N–H and O–H groups in total. The molecule has 2 heteroatoms. The number of hydrogen-bond donors (Lipinski definition) is 0. The maximum atomic E-state index is 11.3. The second-order valence-electron chi connectivity index (χ2n) is 6.02. The summed E-state index contributed by atoms with van der Waals surface area (Å²) in [7, 11) is 1.84. The molecule has 6 atom stereocenters. The lowest BCUT2D eigenvalue weighted by atomic mass is 9.70. The van der Waals surface area contributed by atoms with Crippen LogP contribution in [0.4, 0.5) is 0 Å². The molecule has 2 nitrogen and oxygen atoms in total. The molecule has 0 aromatic carbocycles. The molecule has 0 aliphatic heterocycles. The van der Waals surface area contributed by atoms with Crippen molar-refractivity contribution in [2.75, 3.05) is 7.11 Å². The number of rotatable bonds is 2. The van der Waals surface area contributed by atoms with Crippen LogP contribution in [0, 0.1) is 29.1 Å². The van der Waals surface area contributed by atoms with Gasteiger partial charge in [-0.2, -0.15) is 0 Å². The van der Waals surface area contributed by atoms with Gasteiger partial charge >= 0.3 is 0 Å². The Kier molecular flexibility index (Phi) is 2.01. The Morgan fingerprint density at radius 3 is 2.80 bits per heavy atom. The first-order valence-corrected chi connectivity index (χ1v) is 6.19. The fourth-order valence-electron chi connectivity index (χ4n) is 4.90. The number of aldehydes is 1. The van der Waals surface area contributed by atoms with Crippen LogP contribution >= 0.6 is 0 Å². The first kappa shape index (κ1) is 9.83. The number of carbonyl (C=O) groups is 1. The van der Waals surface area contributed by atoms with Gasteiger partial charge in [-0.3, -0.25) is 0 Å². The Balaban J connectivity index is 1.88. The van der Waals surface area contributed by atoms with Crippen molar-refractivity contribution in [2.24, 2.45) is 29.1 Å². The molecule has 2 bridgehead atoms. The Bertz CT molecular complexity index is 286. The summed E-state index contributed by atoms with van der Waals surface area (Å²) < 4.78 is 5.57. The first-order valence-electron chi connectivity index (χ1n) is 6.19. The van der Waals surface area contributed by atoms with E-state index in [-0.39, 0.29) is 5.41 Å². The number of methoxy groups -OCH3 is 1. The van der Waals surface area contributed by atoms with Crippen LogP contribution in [-0.2, 0) is 9.53 Å². The lowest BCUT2D eigenvalue weighted by molar-refractivity contribution is -0.119. The van der Waals surface area contributed by atoms with E-state index >= 15 is 0 Å². The molecule has 3 rings (SSSR count). The Hall–Kier alpha value is -0.370. The highest BCUT2D eigenvalue weighted by Gasteiger charge is 2.61. The highest BCUT2D eigenvalue weighted by Crippen LogP contribution is 2.64. The molecule has 84 valence electrons. The molecule has 0 aromatic heterocycles. The maximum absolute atomic E-state index is 11.3. The van der Waals surface area contributed by atoms with Gasteiger partial charge < -0.3 is 9.53 Å². The van der Waals surface area contributed by atoms with Crippen LogP contribution < -0.4 is 0 Å². The monoisotopic (exact) mass is 208 g/mol. The molecular weight excluding hydrogens is 188 g/mol. The van der Waals surface area contributed by atoms with Gasteiger partial charge in [-0.1, -0.05) is 6.92 Å². The zero-order valence-electron chi connectivity index (χ0n) is 9.61. The Morgan fingerprint density at radius 2 is 2.13 bits per heavy atom. The largest absolute Gasteiger partial charge is 0.381 e. The molecule has 0 amide bonds.